The molecule has 0 atom stereocenters. The summed E-state index contributed by atoms with van der Waals surface area (Å²) in [7, 11) is 1.66. The standard InChI is InChI=1S/C14H15NO2/c1-9-11-7-6-10(17-2)8-15(11)12-4-3-5-13(16)14(9)12/h6-8H,3-5H2,1-2H3. The van der Waals surface area contributed by atoms with Crippen LogP contribution in [0.3, 0.4) is 0 Å². The third-order valence-corrected chi connectivity index (χ3v) is 3.59. The summed E-state index contributed by atoms with van der Waals surface area (Å²) < 4.78 is 7.36. The van der Waals surface area contributed by atoms with E-state index in [1.807, 2.05) is 25.3 Å². The normalized spacial score (nSPS) is 15.1. The number of hydrogen-bond acceptors (Lipinski definition) is 2. The Labute approximate surface area is 100 Å². The van der Waals surface area contributed by atoms with Crippen LogP contribution >= 0.6 is 0 Å². The van der Waals surface area contributed by atoms with E-state index in [-0.39, 0.29) is 5.78 Å². The number of aryl methyl sites for hydroxylation is 2. The number of carbonyl (C=O) groups is 1. The van der Waals surface area contributed by atoms with Crippen LogP contribution in [0.25, 0.3) is 5.52 Å². The van der Waals surface area contributed by atoms with Crippen LogP contribution < -0.4 is 4.74 Å². The quantitative estimate of drug-likeness (QED) is 0.752. The van der Waals surface area contributed by atoms with Crippen molar-refractivity contribution in [3.63, 3.8) is 0 Å². The third-order valence-electron chi connectivity index (χ3n) is 3.59. The zero-order valence-electron chi connectivity index (χ0n) is 10.1. The van der Waals surface area contributed by atoms with Gasteiger partial charge in [-0.1, -0.05) is 0 Å². The number of hydrogen-bond donors (Lipinski definition) is 0. The number of methoxy groups -OCH3 is 1. The highest BCUT2D eigenvalue weighted by Gasteiger charge is 2.24. The fourth-order valence-corrected chi connectivity index (χ4v) is 2.75. The molecule has 0 saturated carbocycles. The monoisotopic (exact) mass is 229 g/mol. The molecule has 0 spiro atoms. The van der Waals surface area contributed by atoms with Crippen LogP contribution in [0, 0.1) is 6.92 Å². The van der Waals surface area contributed by atoms with Gasteiger partial charge in [0.15, 0.2) is 5.78 Å². The first kappa shape index (κ1) is 10.4. The molecule has 88 valence electrons. The Hall–Kier alpha value is -1.77. The Morgan fingerprint density at radius 3 is 2.88 bits per heavy atom. The minimum absolute atomic E-state index is 0.284. The van der Waals surface area contributed by atoms with Crippen molar-refractivity contribution in [2.24, 2.45) is 0 Å². The summed E-state index contributed by atoms with van der Waals surface area (Å²) in [4.78, 5) is 12.0. The number of carbonyl (C=O) groups excluding carboxylic acids is 1. The SMILES string of the molecule is COc1ccc2c(C)c3c(n2c1)CCCC3=O. The Morgan fingerprint density at radius 2 is 2.12 bits per heavy atom. The lowest BCUT2D eigenvalue weighted by Crippen LogP contribution is -2.11. The topological polar surface area (TPSA) is 30.7 Å². The molecular weight excluding hydrogens is 214 g/mol. The Kier molecular flexibility index (Phi) is 2.21. The molecule has 0 N–H and O–H groups in total. The number of nitrogens with zero attached hydrogens (tertiary/aromatic N) is 1. The van der Waals surface area contributed by atoms with Crippen LogP contribution in [0.15, 0.2) is 18.3 Å². The molecule has 2 heterocycles. The molecule has 3 nitrogen and oxygen atoms in total. The Morgan fingerprint density at radius 1 is 1.29 bits per heavy atom. The van der Waals surface area contributed by atoms with Crippen LogP contribution in [0.2, 0.25) is 0 Å². The second-order valence-corrected chi connectivity index (χ2v) is 4.55. The van der Waals surface area contributed by atoms with Crippen LogP contribution in [0.5, 0.6) is 5.75 Å². The molecule has 17 heavy (non-hydrogen) atoms. The molecule has 0 unspecified atom stereocenters. The highest BCUT2D eigenvalue weighted by Crippen LogP contribution is 2.30. The van der Waals surface area contributed by atoms with E-state index in [1.165, 1.54) is 0 Å². The maximum Gasteiger partial charge on any atom is 0.164 e. The summed E-state index contributed by atoms with van der Waals surface area (Å²) in [5.74, 6) is 1.11. The highest BCUT2D eigenvalue weighted by molar-refractivity contribution is 6.01. The number of fused-ring (bicyclic) bond motifs is 3. The second-order valence-electron chi connectivity index (χ2n) is 4.55. The first-order valence-electron chi connectivity index (χ1n) is 5.93. The van der Waals surface area contributed by atoms with Gasteiger partial charge < -0.3 is 9.14 Å². The van der Waals surface area contributed by atoms with Gasteiger partial charge in [0.2, 0.25) is 0 Å². The smallest absolute Gasteiger partial charge is 0.164 e. The van der Waals surface area contributed by atoms with E-state index in [2.05, 4.69) is 4.40 Å². The zero-order chi connectivity index (χ0) is 12.0. The van der Waals surface area contributed by atoms with Gasteiger partial charge in [-0.15, -0.1) is 0 Å². The second kappa shape index (κ2) is 3.62. The van der Waals surface area contributed by atoms with E-state index in [1.54, 1.807) is 7.11 Å². The summed E-state index contributed by atoms with van der Waals surface area (Å²) >= 11 is 0. The van der Waals surface area contributed by atoms with Crippen molar-refractivity contribution >= 4 is 11.3 Å². The van der Waals surface area contributed by atoms with E-state index in [0.717, 1.165) is 40.9 Å². The van der Waals surface area contributed by atoms with Crippen LogP contribution in [0.4, 0.5) is 0 Å². The molecule has 0 aliphatic heterocycles. The van der Waals surface area contributed by atoms with Crippen molar-refractivity contribution in [1.82, 2.24) is 4.40 Å². The summed E-state index contributed by atoms with van der Waals surface area (Å²) in [6.45, 7) is 2.03. The van der Waals surface area contributed by atoms with E-state index < -0.39 is 0 Å². The minimum Gasteiger partial charge on any atom is -0.495 e. The maximum atomic E-state index is 12.0. The van der Waals surface area contributed by atoms with E-state index >= 15 is 0 Å². The van der Waals surface area contributed by atoms with E-state index in [9.17, 15) is 4.79 Å². The maximum absolute atomic E-state index is 12.0. The Bertz CT molecular complexity index is 610. The largest absolute Gasteiger partial charge is 0.495 e. The molecule has 0 bridgehead atoms. The van der Waals surface area contributed by atoms with Crippen LogP contribution in [-0.2, 0) is 6.42 Å². The molecule has 0 aromatic carbocycles. The average molecular weight is 229 g/mol. The van der Waals surface area contributed by atoms with Crippen molar-refractivity contribution in [2.75, 3.05) is 7.11 Å². The van der Waals surface area contributed by atoms with Gasteiger partial charge in [-0.2, -0.15) is 0 Å². The predicted molar refractivity (Wildman–Crippen MR) is 66.0 cm³/mol. The van der Waals surface area contributed by atoms with Gasteiger partial charge in [0.25, 0.3) is 0 Å². The number of pyridine rings is 1. The summed E-state index contributed by atoms with van der Waals surface area (Å²) in [5, 5.41) is 0. The van der Waals surface area contributed by atoms with Crippen LogP contribution in [0.1, 0.15) is 34.5 Å². The molecular formula is C14H15NO2. The number of aromatic nitrogens is 1. The lowest BCUT2D eigenvalue weighted by Gasteiger charge is -2.11. The molecule has 0 radical (unpaired) electrons. The molecule has 2 aromatic heterocycles. The van der Waals surface area contributed by atoms with Crippen molar-refractivity contribution in [3.8, 4) is 5.75 Å². The number of ketones is 1. The van der Waals surface area contributed by atoms with Gasteiger partial charge in [0.05, 0.1) is 13.3 Å². The lowest BCUT2D eigenvalue weighted by atomic mass is 9.94. The molecule has 0 fully saturated rings. The molecule has 1 aliphatic carbocycles. The fourth-order valence-electron chi connectivity index (χ4n) is 2.75. The first-order valence-corrected chi connectivity index (χ1v) is 5.93. The van der Waals surface area contributed by atoms with E-state index in [0.29, 0.717) is 6.42 Å². The predicted octanol–water partition coefficient (Wildman–Crippen LogP) is 2.78. The summed E-state index contributed by atoms with van der Waals surface area (Å²) in [6, 6.07) is 3.97. The van der Waals surface area contributed by atoms with Gasteiger partial charge in [-0.3, -0.25) is 4.79 Å². The lowest BCUT2D eigenvalue weighted by molar-refractivity contribution is 0.0971. The molecule has 2 aromatic rings. The van der Waals surface area contributed by atoms with Crippen molar-refractivity contribution in [2.45, 2.75) is 26.2 Å². The van der Waals surface area contributed by atoms with Gasteiger partial charge in [0.1, 0.15) is 5.75 Å². The zero-order valence-corrected chi connectivity index (χ0v) is 10.1. The highest BCUT2D eigenvalue weighted by atomic mass is 16.5. The molecule has 0 saturated heterocycles. The third kappa shape index (κ3) is 1.38. The average Bonchev–Trinajstić information content (AvgIpc) is 2.64. The first-order chi connectivity index (χ1) is 8.22. The van der Waals surface area contributed by atoms with Gasteiger partial charge >= 0.3 is 0 Å². The molecule has 1 aliphatic rings. The van der Waals surface area contributed by atoms with Crippen molar-refractivity contribution in [1.29, 1.82) is 0 Å². The summed E-state index contributed by atoms with van der Waals surface area (Å²) in [6.07, 6.45) is 4.58. The van der Waals surface area contributed by atoms with Gasteiger partial charge in [-0.25, -0.2) is 0 Å². The van der Waals surface area contributed by atoms with E-state index in [4.69, 9.17) is 4.74 Å². The molecule has 3 rings (SSSR count). The number of Topliss-reactive ketones (excluding diaryl/α,β-unsaturated/α-hetero) is 1. The minimum atomic E-state index is 0.284. The fraction of sp³-hybridized carbons (Fsp3) is 0.357. The number of ether oxygens (including phenoxy) is 1. The Balaban J connectivity index is 2.36. The summed E-state index contributed by atoms with van der Waals surface area (Å²) in [5.41, 5.74) is 4.30. The van der Waals surface area contributed by atoms with Crippen LogP contribution in [-0.4, -0.2) is 17.3 Å². The number of rotatable bonds is 1. The van der Waals surface area contributed by atoms with Gasteiger partial charge in [-0.05, 0) is 37.5 Å². The van der Waals surface area contributed by atoms with Crippen molar-refractivity contribution < 1.29 is 9.53 Å². The molecule has 3 heteroatoms. The molecule has 0 amide bonds. The van der Waals surface area contributed by atoms with Crippen molar-refractivity contribution in [3.05, 3.63) is 35.2 Å². The van der Waals surface area contributed by atoms with Gasteiger partial charge in [0, 0.05) is 23.2 Å².